The van der Waals surface area contributed by atoms with Gasteiger partial charge in [-0.1, -0.05) is 44.4 Å². The lowest BCUT2D eigenvalue weighted by Crippen LogP contribution is -2.26. The molecule has 0 N–H and O–H groups in total. The van der Waals surface area contributed by atoms with Crippen molar-refractivity contribution >= 4 is 0 Å². The second-order valence-electron chi connectivity index (χ2n) is 5.97. The molecule has 1 saturated carbocycles. The minimum absolute atomic E-state index is 0.0224. The standard InChI is InChI=1S/C17H28F2/c1-4-6-7-8-9-10-11-15-12-14(5-2)13-16(15)17(3,18)19/h5,10-11,14-16H,2,4,6-9,12-13H2,1,3H3/b11-10+. The zero-order valence-electron chi connectivity index (χ0n) is 12.4. The molecule has 0 heterocycles. The molecule has 110 valence electrons. The van der Waals surface area contributed by atoms with E-state index in [1.807, 2.05) is 12.2 Å². The number of alkyl halides is 2. The predicted molar refractivity (Wildman–Crippen MR) is 78.4 cm³/mol. The highest BCUT2D eigenvalue weighted by molar-refractivity contribution is 5.03. The molecule has 0 nitrogen and oxygen atoms in total. The van der Waals surface area contributed by atoms with Crippen molar-refractivity contribution < 1.29 is 8.78 Å². The minimum Gasteiger partial charge on any atom is -0.207 e. The molecule has 0 bridgehead atoms. The first-order valence-electron chi connectivity index (χ1n) is 7.66. The van der Waals surface area contributed by atoms with Crippen LogP contribution >= 0.6 is 0 Å². The Balaban J connectivity index is 2.45. The van der Waals surface area contributed by atoms with E-state index in [4.69, 9.17) is 0 Å². The monoisotopic (exact) mass is 270 g/mol. The van der Waals surface area contributed by atoms with Crippen molar-refractivity contribution in [3.8, 4) is 0 Å². The van der Waals surface area contributed by atoms with Gasteiger partial charge in [0.15, 0.2) is 0 Å². The van der Waals surface area contributed by atoms with Gasteiger partial charge in [-0.25, -0.2) is 8.78 Å². The van der Waals surface area contributed by atoms with Crippen molar-refractivity contribution in [2.45, 2.75) is 64.7 Å². The lowest BCUT2D eigenvalue weighted by Gasteiger charge is -2.23. The summed E-state index contributed by atoms with van der Waals surface area (Å²) in [5.74, 6) is -2.81. The van der Waals surface area contributed by atoms with Crippen LogP contribution in [-0.4, -0.2) is 5.92 Å². The van der Waals surface area contributed by atoms with Gasteiger partial charge in [0.05, 0.1) is 0 Å². The first-order chi connectivity index (χ1) is 8.99. The maximum absolute atomic E-state index is 13.6. The molecule has 3 unspecified atom stereocenters. The average Bonchev–Trinajstić information content (AvgIpc) is 2.77. The Bertz CT molecular complexity index is 288. The summed E-state index contributed by atoms with van der Waals surface area (Å²) in [6.45, 7) is 7.01. The van der Waals surface area contributed by atoms with Crippen LogP contribution in [0.1, 0.15) is 58.8 Å². The Morgan fingerprint density at radius 3 is 2.53 bits per heavy atom. The van der Waals surface area contributed by atoms with Crippen molar-refractivity contribution in [1.82, 2.24) is 0 Å². The van der Waals surface area contributed by atoms with Gasteiger partial charge in [0.2, 0.25) is 5.92 Å². The molecule has 1 aliphatic rings. The summed E-state index contributed by atoms with van der Waals surface area (Å²) in [5, 5.41) is 0. The third-order valence-corrected chi connectivity index (χ3v) is 4.24. The highest BCUT2D eigenvalue weighted by Crippen LogP contribution is 2.45. The Morgan fingerprint density at radius 1 is 1.21 bits per heavy atom. The summed E-state index contributed by atoms with van der Waals surface area (Å²) >= 11 is 0. The van der Waals surface area contributed by atoms with Crippen molar-refractivity contribution in [1.29, 1.82) is 0 Å². The molecule has 0 aromatic rings. The Labute approximate surface area is 117 Å². The predicted octanol–water partition coefficient (Wildman–Crippen LogP) is 6.00. The lowest BCUT2D eigenvalue weighted by atomic mass is 9.90. The van der Waals surface area contributed by atoms with Gasteiger partial charge in [-0.2, -0.15) is 0 Å². The molecule has 0 amide bonds. The second-order valence-corrected chi connectivity index (χ2v) is 5.97. The fourth-order valence-electron chi connectivity index (χ4n) is 3.06. The summed E-state index contributed by atoms with van der Waals surface area (Å²) < 4.78 is 27.2. The fourth-order valence-corrected chi connectivity index (χ4v) is 3.06. The van der Waals surface area contributed by atoms with Gasteiger partial charge >= 0.3 is 0 Å². The maximum Gasteiger partial charge on any atom is 0.248 e. The van der Waals surface area contributed by atoms with Crippen LogP contribution in [0.3, 0.4) is 0 Å². The molecule has 0 saturated heterocycles. The van der Waals surface area contributed by atoms with E-state index in [0.29, 0.717) is 6.42 Å². The van der Waals surface area contributed by atoms with E-state index in [1.165, 1.54) is 25.7 Å². The van der Waals surface area contributed by atoms with Crippen molar-refractivity contribution in [2.75, 3.05) is 0 Å². The first kappa shape index (κ1) is 16.4. The van der Waals surface area contributed by atoms with Crippen molar-refractivity contribution in [3.63, 3.8) is 0 Å². The summed E-state index contributed by atoms with van der Waals surface area (Å²) in [6.07, 6.45) is 13.4. The third kappa shape index (κ3) is 5.46. The van der Waals surface area contributed by atoms with Gasteiger partial charge < -0.3 is 0 Å². The van der Waals surface area contributed by atoms with Gasteiger partial charge in [0.25, 0.3) is 0 Å². The molecule has 0 spiro atoms. The van der Waals surface area contributed by atoms with E-state index in [2.05, 4.69) is 19.6 Å². The number of hydrogen-bond donors (Lipinski definition) is 0. The molecule has 19 heavy (non-hydrogen) atoms. The molecule has 0 aliphatic heterocycles. The van der Waals surface area contributed by atoms with Crippen molar-refractivity contribution in [3.05, 3.63) is 24.8 Å². The summed E-state index contributed by atoms with van der Waals surface area (Å²) in [5.41, 5.74) is 0. The van der Waals surface area contributed by atoms with E-state index < -0.39 is 11.8 Å². The number of hydrogen-bond acceptors (Lipinski definition) is 0. The summed E-state index contributed by atoms with van der Waals surface area (Å²) in [7, 11) is 0. The van der Waals surface area contributed by atoms with Crippen LogP contribution in [0.25, 0.3) is 0 Å². The van der Waals surface area contributed by atoms with Gasteiger partial charge in [-0.05, 0) is 44.4 Å². The van der Waals surface area contributed by atoms with E-state index >= 15 is 0 Å². The molecule has 1 fully saturated rings. The molecule has 1 rings (SSSR count). The molecule has 0 aromatic heterocycles. The molecule has 0 radical (unpaired) electrons. The van der Waals surface area contributed by atoms with Crippen LogP contribution in [0.2, 0.25) is 0 Å². The Kier molecular flexibility index (Phi) is 6.74. The van der Waals surface area contributed by atoms with Gasteiger partial charge in [0, 0.05) is 5.92 Å². The Morgan fingerprint density at radius 2 is 1.95 bits per heavy atom. The molecular formula is C17H28F2. The van der Waals surface area contributed by atoms with Crippen LogP contribution < -0.4 is 0 Å². The first-order valence-corrected chi connectivity index (χ1v) is 7.66. The summed E-state index contributed by atoms with van der Waals surface area (Å²) in [6, 6.07) is 0. The quantitative estimate of drug-likeness (QED) is 0.375. The van der Waals surface area contributed by atoms with Crippen LogP contribution in [0.15, 0.2) is 24.8 Å². The Hall–Kier alpha value is -0.660. The maximum atomic E-state index is 13.6. The SMILES string of the molecule is C=CC1CC(/C=C/CCCCCC)C(C(C)(F)F)C1. The highest BCUT2D eigenvalue weighted by atomic mass is 19.3. The number of halogens is 2. The molecule has 3 atom stereocenters. The fraction of sp³-hybridized carbons (Fsp3) is 0.765. The molecule has 1 aliphatic carbocycles. The van der Waals surface area contributed by atoms with Crippen molar-refractivity contribution in [2.24, 2.45) is 17.8 Å². The van der Waals surface area contributed by atoms with Gasteiger partial charge in [-0.15, -0.1) is 6.58 Å². The summed E-state index contributed by atoms with van der Waals surface area (Å²) in [4.78, 5) is 0. The van der Waals surface area contributed by atoms with E-state index in [1.54, 1.807) is 0 Å². The second kappa shape index (κ2) is 7.81. The average molecular weight is 270 g/mol. The van der Waals surface area contributed by atoms with E-state index in [9.17, 15) is 8.78 Å². The van der Waals surface area contributed by atoms with E-state index in [0.717, 1.165) is 19.8 Å². The minimum atomic E-state index is -2.57. The number of allylic oxidation sites excluding steroid dienone is 3. The molecule has 2 heteroatoms. The number of rotatable bonds is 8. The smallest absolute Gasteiger partial charge is 0.207 e. The molecule has 0 aromatic carbocycles. The zero-order chi connectivity index (χ0) is 14.3. The van der Waals surface area contributed by atoms with Crippen LogP contribution in [-0.2, 0) is 0 Å². The van der Waals surface area contributed by atoms with Gasteiger partial charge in [-0.3, -0.25) is 0 Å². The van der Waals surface area contributed by atoms with Gasteiger partial charge in [0.1, 0.15) is 0 Å². The highest BCUT2D eigenvalue weighted by Gasteiger charge is 2.44. The van der Waals surface area contributed by atoms with Crippen LogP contribution in [0.4, 0.5) is 8.78 Å². The third-order valence-electron chi connectivity index (χ3n) is 4.24. The largest absolute Gasteiger partial charge is 0.248 e. The zero-order valence-corrected chi connectivity index (χ0v) is 12.4. The topological polar surface area (TPSA) is 0 Å². The number of unbranched alkanes of at least 4 members (excludes halogenated alkanes) is 4. The van der Waals surface area contributed by atoms with Crippen LogP contribution in [0, 0.1) is 17.8 Å². The van der Waals surface area contributed by atoms with Crippen LogP contribution in [0.5, 0.6) is 0 Å². The lowest BCUT2D eigenvalue weighted by molar-refractivity contribution is -0.0482. The van der Waals surface area contributed by atoms with E-state index in [-0.39, 0.29) is 11.8 Å². The molecular weight excluding hydrogens is 242 g/mol. The normalized spacial score (nSPS) is 28.1.